The van der Waals surface area contributed by atoms with Crippen LogP contribution in [0, 0.1) is 0 Å². The van der Waals surface area contributed by atoms with Crippen LogP contribution in [0.2, 0.25) is 5.02 Å². The Bertz CT molecular complexity index is 602. The van der Waals surface area contributed by atoms with Crippen molar-refractivity contribution in [1.29, 1.82) is 0 Å². The minimum absolute atomic E-state index is 0.183. The fourth-order valence-corrected chi connectivity index (χ4v) is 3.30. The maximum atomic E-state index is 10.8. The first kappa shape index (κ1) is 13.5. The van der Waals surface area contributed by atoms with Gasteiger partial charge < -0.3 is 9.47 Å². The molecule has 0 radical (unpaired) electrons. The molecule has 20 heavy (non-hydrogen) atoms. The van der Waals surface area contributed by atoms with Crippen molar-refractivity contribution in [3.8, 4) is 11.5 Å². The first-order chi connectivity index (χ1) is 9.59. The van der Waals surface area contributed by atoms with E-state index >= 15 is 0 Å². The summed E-state index contributed by atoms with van der Waals surface area (Å²) in [6.45, 7) is 4.36. The molecule has 1 aliphatic heterocycles. The average molecular weight is 294 g/mol. The van der Waals surface area contributed by atoms with Crippen LogP contribution in [0.15, 0.2) is 11.1 Å². The monoisotopic (exact) mass is 293 g/mol. The van der Waals surface area contributed by atoms with Gasteiger partial charge >= 0.3 is 0 Å². The molecule has 0 aromatic heterocycles. The molecule has 1 heterocycles. The zero-order valence-corrected chi connectivity index (χ0v) is 12.3. The molecule has 0 atom stereocenters. The normalized spacial score (nSPS) is 18.6. The van der Waals surface area contributed by atoms with Crippen LogP contribution >= 0.6 is 11.6 Å². The van der Waals surface area contributed by atoms with E-state index in [4.69, 9.17) is 21.1 Å². The molecule has 3 rings (SSSR count). The smallest absolute Gasteiger partial charge is 0.235 e. The molecular formula is C15H16ClNO3. The Kier molecular flexibility index (Phi) is 3.23. The zero-order chi connectivity index (χ0) is 14.3. The second kappa shape index (κ2) is 4.80. The van der Waals surface area contributed by atoms with Gasteiger partial charge in [0.25, 0.3) is 0 Å². The summed E-state index contributed by atoms with van der Waals surface area (Å²) in [5, 5.41) is 0.518. The van der Waals surface area contributed by atoms with E-state index in [1.807, 2.05) is 6.07 Å². The summed E-state index contributed by atoms with van der Waals surface area (Å²) in [5.41, 5.74) is 1.54. The van der Waals surface area contributed by atoms with Gasteiger partial charge in [0.15, 0.2) is 11.5 Å². The van der Waals surface area contributed by atoms with Gasteiger partial charge in [-0.3, -0.25) is 0 Å². The topological polar surface area (TPSA) is 47.9 Å². The van der Waals surface area contributed by atoms with Crippen LogP contribution in [0.4, 0.5) is 0 Å². The van der Waals surface area contributed by atoms with Gasteiger partial charge in [-0.1, -0.05) is 25.4 Å². The lowest BCUT2D eigenvalue weighted by atomic mass is 9.69. The van der Waals surface area contributed by atoms with Crippen molar-refractivity contribution in [2.75, 3.05) is 6.79 Å². The maximum Gasteiger partial charge on any atom is 0.235 e. The first-order valence-corrected chi connectivity index (χ1v) is 7.18. The van der Waals surface area contributed by atoms with Gasteiger partial charge in [-0.2, -0.15) is 4.99 Å². The SMILES string of the molecule is CC(C)c1c(C2(N=C=O)CCC2)cc(Cl)c2c1OCO2. The number of hydrogen-bond acceptors (Lipinski definition) is 4. The number of rotatable bonds is 3. The lowest BCUT2D eigenvalue weighted by molar-refractivity contribution is 0.172. The summed E-state index contributed by atoms with van der Waals surface area (Å²) >= 11 is 6.29. The number of fused-ring (bicyclic) bond motifs is 1. The molecule has 0 amide bonds. The Morgan fingerprint density at radius 2 is 2.05 bits per heavy atom. The van der Waals surface area contributed by atoms with E-state index < -0.39 is 5.54 Å². The molecule has 0 spiro atoms. The summed E-state index contributed by atoms with van der Waals surface area (Å²) in [7, 11) is 0. The van der Waals surface area contributed by atoms with E-state index in [0.717, 1.165) is 30.4 Å². The summed E-state index contributed by atoms with van der Waals surface area (Å²) in [6.07, 6.45) is 4.46. The van der Waals surface area contributed by atoms with Gasteiger partial charge in [-0.15, -0.1) is 0 Å². The van der Waals surface area contributed by atoms with Crippen molar-refractivity contribution in [3.05, 3.63) is 22.2 Å². The molecule has 1 fully saturated rings. The molecule has 4 nitrogen and oxygen atoms in total. The van der Waals surface area contributed by atoms with E-state index in [9.17, 15) is 4.79 Å². The third-order valence-electron chi connectivity index (χ3n) is 4.15. The van der Waals surface area contributed by atoms with Gasteiger partial charge in [-0.05, 0) is 36.8 Å². The van der Waals surface area contributed by atoms with E-state index in [0.29, 0.717) is 16.5 Å². The van der Waals surface area contributed by atoms with Crippen LogP contribution in [0.3, 0.4) is 0 Å². The largest absolute Gasteiger partial charge is 0.453 e. The van der Waals surface area contributed by atoms with Gasteiger partial charge in [0.2, 0.25) is 12.9 Å². The highest BCUT2D eigenvalue weighted by Gasteiger charge is 2.43. The molecule has 0 unspecified atom stereocenters. The molecule has 0 bridgehead atoms. The Labute approximate surface area is 122 Å². The third-order valence-corrected chi connectivity index (χ3v) is 4.44. The number of carbonyl (C=O) groups excluding carboxylic acids is 1. The highest BCUT2D eigenvalue weighted by atomic mass is 35.5. The molecule has 5 heteroatoms. The van der Waals surface area contributed by atoms with Gasteiger partial charge in [-0.25, -0.2) is 4.79 Å². The number of halogens is 1. The molecule has 0 saturated heterocycles. The average Bonchev–Trinajstić information content (AvgIpc) is 2.82. The number of ether oxygens (including phenoxy) is 2. The molecule has 1 aromatic rings. The molecule has 1 aromatic carbocycles. The summed E-state index contributed by atoms with van der Waals surface area (Å²) < 4.78 is 11.0. The Balaban J connectivity index is 2.25. The Morgan fingerprint density at radius 3 is 2.60 bits per heavy atom. The van der Waals surface area contributed by atoms with Gasteiger partial charge in [0, 0.05) is 5.56 Å². The summed E-state index contributed by atoms with van der Waals surface area (Å²) in [4.78, 5) is 14.9. The predicted octanol–water partition coefficient (Wildman–Crippen LogP) is 3.91. The van der Waals surface area contributed by atoms with E-state index in [1.165, 1.54) is 0 Å². The standard InChI is InChI=1S/C15H16ClNO3/c1-9(2)12-10(15(17-7-18)4-3-5-15)6-11(16)13-14(12)20-8-19-13/h6,9H,3-5,8H2,1-2H3. The van der Waals surface area contributed by atoms with Crippen molar-refractivity contribution in [2.24, 2.45) is 4.99 Å². The fraction of sp³-hybridized carbons (Fsp3) is 0.533. The van der Waals surface area contributed by atoms with Crippen molar-refractivity contribution in [1.82, 2.24) is 0 Å². The second-order valence-electron chi connectivity index (χ2n) is 5.63. The predicted molar refractivity (Wildman–Crippen MR) is 75.3 cm³/mol. The number of aliphatic imine (C=N–C) groups is 1. The van der Waals surface area contributed by atoms with Crippen LogP contribution in [-0.2, 0) is 10.3 Å². The van der Waals surface area contributed by atoms with E-state index in [-0.39, 0.29) is 12.7 Å². The van der Waals surface area contributed by atoms with Crippen LogP contribution in [0.25, 0.3) is 0 Å². The molecular weight excluding hydrogens is 278 g/mol. The van der Waals surface area contributed by atoms with Crippen LogP contribution < -0.4 is 9.47 Å². The number of isocyanates is 1. The first-order valence-electron chi connectivity index (χ1n) is 6.80. The minimum atomic E-state index is -0.480. The Morgan fingerprint density at radius 1 is 1.35 bits per heavy atom. The van der Waals surface area contributed by atoms with Crippen molar-refractivity contribution >= 4 is 17.7 Å². The molecule has 106 valence electrons. The maximum absolute atomic E-state index is 10.8. The molecule has 0 N–H and O–H groups in total. The summed E-state index contributed by atoms with van der Waals surface area (Å²) in [5.74, 6) is 1.54. The van der Waals surface area contributed by atoms with Gasteiger partial charge in [0.1, 0.15) is 0 Å². The van der Waals surface area contributed by atoms with Crippen molar-refractivity contribution in [2.45, 2.75) is 44.6 Å². The van der Waals surface area contributed by atoms with Crippen molar-refractivity contribution < 1.29 is 14.3 Å². The molecule has 1 saturated carbocycles. The van der Waals surface area contributed by atoms with Crippen LogP contribution in [0.1, 0.15) is 50.2 Å². The van der Waals surface area contributed by atoms with E-state index in [2.05, 4.69) is 18.8 Å². The van der Waals surface area contributed by atoms with Crippen LogP contribution in [-0.4, -0.2) is 12.9 Å². The summed E-state index contributed by atoms with van der Waals surface area (Å²) in [6, 6.07) is 1.88. The molecule has 1 aliphatic carbocycles. The highest BCUT2D eigenvalue weighted by molar-refractivity contribution is 6.32. The lowest BCUT2D eigenvalue weighted by Gasteiger charge is -2.39. The molecule has 2 aliphatic rings. The van der Waals surface area contributed by atoms with E-state index in [1.54, 1.807) is 6.08 Å². The number of nitrogens with zero attached hydrogens (tertiary/aromatic N) is 1. The zero-order valence-electron chi connectivity index (χ0n) is 11.5. The lowest BCUT2D eigenvalue weighted by Crippen LogP contribution is -2.33. The van der Waals surface area contributed by atoms with Crippen LogP contribution in [0.5, 0.6) is 11.5 Å². The van der Waals surface area contributed by atoms with Gasteiger partial charge in [0.05, 0.1) is 10.6 Å². The minimum Gasteiger partial charge on any atom is -0.453 e. The quantitative estimate of drug-likeness (QED) is 0.627. The number of benzene rings is 1. The highest BCUT2D eigenvalue weighted by Crippen LogP contribution is 2.54. The second-order valence-corrected chi connectivity index (χ2v) is 6.03. The third kappa shape index (κ3) is 1.83. The Hall–Kier alpha value is -1.51. The fourth-order valence-electron chi connectivity index (χ4n) is 3.05. The van der Waals surface area contributed by atoms with Crippen molar-refractivity contribution in [3.63, 3.8) is 0 Å². The number of hydrogen-bond donors (Lipinski definition) is 0.